The van der Waals surface area contributed by atoms with E-state index in [-0.39, 0.29) is 42.1 Å². The minimum atomic E-state index is 0. The Kier molecular flexibility index (Phi) is 14.6. The molecule has 0 atom stereocenters. The molecule has 0 spiro atoms. The average molecular weight is 1120 g/mol. The summed E-state index contributed by atoms with van der Waals surface area (Å²) in [7, 11) is 2.07. The molecule has 0 bridgehead atoms. The minimum absolute atomic E-state index is 0. The van der Waals surface area contributed by atoms with Crippen LogP contribution in [-0.2, 0) is 42.1 Å². The van der Waals surface area contributed by atoms with Gasteiger partial charge in [0.2, 0.25) is 0 Å². The molecular formula is C51H33N4O2Pt2-3. The normalized spacial score (nSPS) is 11.7. The van der Waals surface area contributed by atoms with Crippen molar-refractivity contribution in [2.24, 2.45) is 0 Å². The summed E-state index contributed by atoms with van der Waals surface area (Å²) < 4.78 is 13.9. The molecule has 0 unspecified atom stereocenters. The maximum atomic E-state index is 6.57. The van der Waals surface area contributed by atoms with Gasteiger partial charge in [-0.15, -0.1) is 65.8 Å². The van der Waals surface area contributed by atoms with Gasteiger partial charge in [0.05, 0.1) is 0 Å². The maximum absolute atomic E-state index is 6.57. The molecule has 0 saturated heterocycles. The largest absolute Gasteiger partial charge is 4.00 e. The van der Waals surface area contributed by atoms with E-state index in [1.54, 1.807) is 23.2 Å². The number of pyridine rings is 1. The van der Waals surface area contributed by atoms with Gasteiger partial charge < -0.3 is 35.2 Å². The second kappa shape index (κ2) is 20.4. The van der Waals surface area contributed by atoms with Gasteiger partial charge in [0.25, 0.3) is 0 Å². The molecule has 2 aromatic heterocycles. The first-order chi connectivity index (χ1) is 28.1. The zero-order chi connectivity index (χ0) is 38.8. The molecule has 0 radical (unpaired) electrons. The van der Waals surface area contributed by atoms with Crippen LogP contribution in [0.1, 0.15) is 11.1 Å². The summed E-state index contributed by atoms with van der Waals surface area (Å²) in [5.41, 5.74) is 8.46. The summed E-state index contributed by atoms with van der Waals surface area (Å²) in [6.07, 6.45) is 11.8. The van der Waals surface area contributed by atoms with Gasteiger partial charge in [-0.3, -0.25) is 11.1 Å². The van der Waals surface area contributed by atoms with Gasteiger partial charge in [-0.2, -0.15) is 43.1 Å². The molecule has 6 aromatic carbocycles. The topological polar surface area (TPSA) is 42.8 Å². The standard InChI is InChI=1S/C45H29N3O2.C6H4N.2Pt/c1-47-32-48(45(34-16-7-3-8-17-34)44(47)33-14-5-2-6-15-33)38-20-13-25-42(31-38)50-41-24-12-19-37(29-41)43-30-36(26-27-46-43)35-18-11-23-40(28-35)49-39-21-9-4-10-22-39;1-2-7-5-3-4-6-7;;/h2-21,23-25,27,30,32H,1H3;3-6H;;/q-6;-1;;+4. The molecule has 3 heterocycles. The molecule has 0 fully saturated rings. The fourth-order valence-electron chi connectivity index (χ4n) is 6.29. The molecule has 1 aliphatic heterocycles. The summed E-state index contributed by atoms with van der Waals surface area (Å²) in [6, 6.07) is 70.2. The Hall–Kier alpha value is -6.37. The van der Waals surface area contributed by atoms with E-state index in [1.165, 1.54) is 0 Å². The molecule has 8 heteroatoms. The molecule has 59 heavy (non-hydrogen) atoms. The van der Waals surface area contributed by atoms with Crippen LogP contribution in [0.3, 0.4) is 0 Å². The molecule has 0 amide bonds. The van der Waals surface area contributed by atoms with Crippen LogP contribution in [0.15, 0.2) is 176 Å². The molecule has 0 saturated carbocycles. The summed E-state index contributed by atoms with van der Waals surface area (Å²) >= 11 is 0. The number of aromatic nitrogens is 2. The number of benzene rings is 6. The van der Waals surface area contributed by atoms with E-state index in [2.05, 4.69) is 113 Å². The summed E-state index contributed by atoms with van der Waals surface area (Å²) in [5, 5.41) is 0. The number of anilines is 1. The third-order valence-electron chi connectivity index (χ3n) is 8.88. The number of hydrogen-bond acceptors (Lipinski definition) is 5. The second-order valence-corrected chi connectivity index (χ2v) is 12.8. The van der Waals surface area contributed by atoms with E-state index in [0.29, 0.717) is 23.0 Å². The van der Waals surface area contributed by atoms with Crippen molar-refractivity contribution >= 4 is 17.1 Å². The predicted molar refractivity (Wildman–Crippen MR) is 224 cm³/mol. The third kappa shape index (κ3) is 10.4. The fraction of sp³-hybridized carbons (Fsp3) is 0.0196. The Bertz CT molecular complexity index is 2650. The Morgan fingerprint density at radius 1 is 0.593 bits per heavy atom. The zero-order valence-corrected chi connectivity index (χ0v) is 36.1. The zero-order valence-electron chi connectivity index (χ0n) is 31.6. The number of ether oxygens (including phenoxy) is 2. The van der Waals surface area contributed by atoms with Crippen LogP contribution >= 0.6 is 0 Å². The van der Waals surface area contributed by atoms with Crippen LogP contribution in [0.4, 0.5) is 5.69 Å². The van der Waals surface area contributed by atoms with Crippen LogP contribution in [0.2, 0.25) is 0 Å². The van der Waals surface area contributed by atoms with Crippen molar-refractivity contribution in [3.63, 3.8) is 0 Å². The van der Waals surface area contributed by atoms with Crippen molar-refractivity contribution in [3.05, 3.63) is 231 Å². The number of para-hydroxylation sites is 1. The van der Waals surface area contributed by atoms with Crippen molar-refractivity contribution in [1.29, 1.82) is 0 Å². The molecule has 292 valence electrons. The van der Waals surface area contributed by atoms with Crippen LogP contribution in [0.5, 0.6) is 23.0 Å². The second-order valence-electron chi connectivity index (χ2n) is 12.8. The smallest absolute Gasteiger partial charge is 0.669 e. The molecule has 0 N–H and O–H groups in total. The van der Waals surface area contributed by atoms with E-state index < -0.39 is 0 Å². The molecule has 0 aliphatic carbocycles. The van der Waals surface area contributed by atoms with E-state index in [1.807, 2.05) is 109 Å². The number of nitrogens with zero attached hydrogens (tertiary/aromatic N) is 4. The Morgan fingerprint density at radius 3 is 1.81 bits per heavy atom. The first-order valence-electron chi connectivity index (χ1n) is 18.2. The van der Waals surface area contributed by atoms with Gasteiger partial charge in [0, 0.05) is 67.9 Å². The molecule has 1 aliphatic rings. The van der Waals surface area contributed by atoms with Crippen molar-refractivity contribution in [2.75, 3.05) is 11.9 Å². The van der Waals surface area contributed by atoms with Crippen LogP contribution in [-0.4, -0.2) is 21.5 Å². The van der Waals surface area contributed by atoms with E-state index >= 15 is 0 Å². The Labute approximate surface area is 374 Å². The Morgan fingerprint density at radius 2 is 1.17 bits per heavy atom. The van der Waals surface area contributed by atoms with Gasteiger partial charge in [0.1, 0.15) is 0 Å². The quantitative estimate of drug-likeness (QED) is 0.106. The molecule has 6 nitrogen and oxygen atoms in total. The number of hydrogen-bond donors (Lipinski definition) is 0. The van der Waals surface area contributed by atoms with E-state index in [9.17, 15) is 0 Å². The summed E-state index contributed by atoms with van der Waals surface area (Å²) in [4.78, 5) is 8.90. The minimum Gasteiger partial charge on any atom is -0.669 e. The van der Waals surface area contributed by atoms with Gasteiger partial charge in [-0.05, 0) is 30.3 Å². The van der Waals surface area contributed by atoms with Crippen molar-refractivity contribution in [3.8, 4) is 51.4 Å². The molecule has 9 rings (SSSR count). The maximum Gasteiger partial charge on any atom is 4.00 e. The van der Waals surface area contributed by atoms with E-state index in [4.69, 9.17) is 15.9 Å². The Balaban J connectivity index is 0.000000591. The average Bonchev–Trinajstić information content (AvgIpc) is 3.93. The third-order valence-corrected chi connectivity index (χ3v) is 8.88. The van der Waals surface area contributed by atoms with Crippen LogP contribution in [0, 0.1) is 49.5 Å². The van der Waals surface area contributed by atoms with Crippen LogP contribution in [0.25, 0.3) is 33.8 Å². The van der Waals surface area contributed by atoms with Crippen molar-refractivity contribution in [2.45, 2.75) is 0 Å². The molecular weight excluding hydrogens is 1090 g/mol. The van der Waals surface area contributed by atoms with Crippen molar-refractivity contribution in [1.82, 2.24) is 14.5 Å². The SMILES string of the molecule is CN1[CH-]N(c2[c-]c(Oc3[c-]c(-c4cc(-c5[c-]c(Oc6[c-]cccc6)ccc5)[c-]cn4)ccc3)ccc2)C(c2ccccc2)=C1c1ccccc1.[C-]#Cn1cccc1.[Pt+4].[Pt]. The summed E-state index contributed by atoms with van der Waals surface area (Å²) in [5.74, 6) is 2.35. The number of rotatable bonds is 9. The van der Waals surface area contributed by atoms with Crippen molar-refractivity contribution < 1.29 is 51.6 Å². The van der Waals surface area contributed by atoms with Gasteiger partial charge in [-0.25, -0.2) is 24.2 Å². The van der Waals surface area contributed by atoms with Gasteiger partial charge >= 0.3 is 21.1 Å². The first-order valence-corrected chi connectivity index (χ1v) is 18.2. The first kappa shape index (κ1) is 42.2. The molecule has 8 aromatic rings. The van der Waals surface area contributed by atoms with Gasteiger partial charge in [-0.1, -0.05) is 78.6 Å². The van der Waals surface area contributed by atoms with E-state index in [0.717, 1.165) is 50.6 Å². The van der Waals surface area contributed by atoms with Crippen LogP contribution < -0.4 is 14.4 Å². The van der Waals surface area contributed by atoms with Gasteiger partial charge in [0.15, 0.2) is 0 Å². The summed E-state index contributed by atoms with van der Waals surface area (Å²) in [6.45, 7) is 2.09. The predicted octanol–water partition coefficient (Wildman–Crippen LogP) is 11.3. The fourth-order valence-corrected chi connectivity index (χ4v) is 6.29. The monoisotopic (exact) mass is 1120 g/mol.